The Bertz CT molecular complexity index is 1010. The molecule has 3 heterocycles. The van der Waals surface area contributed by atoms with Gasteiger partial charge in [0.15, 0.2) is 0 Å². The quantitative estimate of drug-likeness (QED) is 0.776. The molecule has 132 valence electrons. The molecule has 5 nitrogen and oxygen atoms in total. The molecular weight excluding hydrogens is 346 g/mol. The normalized spacial score (nSPS) is 13.5. The Morgan fingerprint density at radius 1 is 1.31 bits per heavy atom. The van der Waals surface area contributed by atoms with Gasteiger partial charge in [0.05, 0.1) is 22.7 Å². The van der Waals surface area contributed by atoms with Crippen LogP contribution < -0.4 is 5.56 Å². The van der Waals surface area contributed by atoms with Crippen molar-refractivity contribution >= 4 is 17.2 Å². The van der Waals surface area contributed by atoms with Gasteiger partial charge >= 0.3 is 0 Å². The summed E-state index contributed by atoms with van der Waals surface area (Å²) in [6.07, 6.45) is 1.21. The van der Waals surface area contributed by atoms with Crippen LogP contribution in [-0.4, -0.2) is 27.3 Å². The molecule has 3 aromatic rings. The summed E-state index contributed by atoms with van der Waals surface area (Å²) in [5, 5.41) is 1.89. The van der Waals surface area contributed by atoms with Crippen molar-refractivity contribution in [1.29, 1.82) is 0 Å². The Hall–Kier alpha value is -2.73. The highest BCUT2D eigenvalue weighted by Gasteiger charge is 2.25. The molecule has 0 unspecified atom stereocenters. The molecule has 2 aromatic heterocycles. The van der Waals surface area contributed by atoms with Crippen LogP contribution in [-0.2, 0) is 19.4 Å². The summed E-state index contributed by atoms with van der Waals surface area (Å²) >= 11 is 1.42. The second-order valence-electron chi connectivity index (χ2n) is 6.56. The van der Waals surface area contributed by atoms with Crippen LogP contribution in [0.4, 0.5) is 0 Å². The number of aryl methyl sites for hydroxylation is 1. The number of nitrogens with zero attached hydrogens (tertiary/aromatic N) is 2. The maximum absolute atomic E-state index is 12.6. The Labute approximate surface area is 155 Å². The Morgan fingerprint density at radius 3 is 2.96 bits per heavy atom. The predicted molar refractivity (Wildman–Crippen MR) is 102 cm³/mol. The molecule has 0 saturated carbocycles. The Balaban J connectivity index is 1.57. The average Bonchev–Trinajstić information content (AvgIpc) is 3.15. The largest absolute Gasteiger partial charge is 0.333 e. The second kappa shape index (κ2) is 6.88. The van der Waals surface area contributed by atoms with Crippen LogP contribution >= 0.6 is 11.3 Å². The van der Waals surface area contributed by atoms with E-state index in [1.165, 1.54) is 16.9 Å². The molecule has 0 bridgehead atoms. The summed E-state index contributed by atoms with van der Waals surface area (Å²) in [6, 6.07) is 11.9. The van der Waals surface area contributed by atoms with Gasteiger partial charge in [-0.3, -0.25) is 9.59 Å². The lowest BCUT2D eigenvalue weighted by molar-refractivity contribution is 0.0737. The van der Waals surface area contributed by atoms with E-state index in [0.29, 0.717) is 42.2 Å². The molecule has 0 aliphatic carbocycles. The molecule has 0 saturated heterocycles. The highest BCUT2D eigenvalue weighted by atomic mass is 32.1. The first kappa shape index (κ1) is 16.7. The maximum atomic E-state index is 12.6. The molecular formula is C20H19N3O2S. The van der Waals surface area contributed by atoms with Gasteiger partial charge in [-0.15, -0.1) is 11.3 Å². The smallest absolute Gasteiger partial charge is 0.264 e. The van der Waals surface area contributed by atoms with E-state index < -0.39 is 0 Å². The molecule has 0 spiro atoms. The zero-order valence-electron chi connectivity index (χ0n) is 14.5. The molecule has 1 amide bonds. The predicted octanol–water partition coefficient (Wildman–Crippen LogP) is 2.93. The molecule has 0 atom stereocenters. The van der Waals surface area contributed by atoms with E-state index in [1.54, 1.807) is 4.90 Å². The number of rotatable bonds is 3. The summed E-state index contributed by atoms with van der Waals surface area (Å²) in [5.41, 5.74) is 3.59. The number of aromatic nitrogens is 2. The van der Waals surface area contributed by atoms with Gasteiger partial charge in [-0.25, -0.2) is 4.98 Å². The highest BCUT2D eigenvalue weighted by Crippen LogP contribution is 2.19. The van der Waals surface area contributed by atoms with Gasteiger partial charge in [-0.1, -0.05) is 35.9 Å². The number of fused-ring (bicyclic) bond motifs is 1. The van der Waals surface area contributed by atoms with E-state index in [9.17, 15) is 9.59 Å². The lowest BCUT2D eigenvalue weighted by atomic mass is 10.1. The highest BCUT2D eigenvalue weighted by molar-refractivity contribution is 7.12. The molecule has 1 aliphatic rings. The third-order valence-electron chi connectivity index (χ3n) is 4.59. The zero-order valence-corrected chi connectivity index (χ0v) is 15.3. The summed E-state index contributed by atoms with van der Waals surface area (Å²) in [7, 11) is 0. The Kier molecular flexibility index (Phi) is 4.42. The first-order chi connectivity index (χ1) is 12.6. The number of carbonyl (C=O) groups is 1. The van der Waals surface area contributed by atoms with Crippen LogP contribution in [0.5, 0.6) is 0 Å². The first-order valence-corrected chi connectivity index (χ1v) is 9.47. The average molecular weight is 365 g/mol. The number of amides is 1. The van der Waals surface area contributed by atoms with Crippen molar-refractivity contribution in [2.45, 2.75) is 26.3 Å². The van der Waals surface area contributed by atoms with Crippen LogP contribution in [0.15, 0.2) is 46.6 Å². The minimum Gasteiger partial charge on any atom is -0.333 e. The summed E-state index contributed by atoms with van der Waals surface area (Å²) < 4.78 is 0. The number of hydrogen-bond acceptors (Lipinski definition) is 4. The van der Waals surface area contributed by atoms with Crippen molar-refractivity contribution in [2.75, 3.05) is 6.54 Å². The third-order valence-corrected chi connectivity index (χ3v) is 5.45. The number of aromatic amines is 1. The van der Waals surface area contributed by atoms with E-state index in [0.717, 1.165) is 11.3 Å². The fourth-order valence-electron chi connectivity index (χ4n) is 3.31. The van der Waals surface area contributed by atoms with Gasteiger partial charge in [-0.05, 0) is 23.9 Å². The van der Waals surface area contributed by atoms with Crippen molar-refractivity contribution in [3.8, 4) is 0 Å². The van der Waals surface area contributed by atoms with Crippen LogP contribution in [0, 0.1) is 6.92 Å². The lowest BCUT2D eigenvalue weighted by Gasteiger charge is -2.27. The Morgan fingerprint density at radius 2 is 2.19 bits per heavy atom. The van der Waals surface area contributed by atoms with Gasteiger partial charge in [0.1, 0.15) is 5.82 Å². The number of benzene rings is 1. The van der Waals surface area contributed by atoms with Gasteiger partial charge in [0.2, 0.25) is 0 Å². The summed E-state index contributed by atoms with van der Waals surface area (Å²) in [4.78, 5) is 35.1. The van der Waals surface area contributed by atoms with Crippen molar-refractivity contribution in [3.05, 3.63) is 85.2 Å². The molecule has 6 heteroatoms. The van der Waals surface area contributed by atoms with Crippen LogP contribution in [0.3, 0.4) is 0 Å². The number of carbonyl (C=O) groups excluding carboxylic acids is 1. The summed E-state index contributed by atoms with van der Waals surface area (Å²) in [5.74, 6) is 0.659. The van der Waals surface area contributed by atoms with E-state index >= 15 is 0 Å². The standard InChI is InChI=1S/C20H19N3O2S/c1-13-4-2-5-14(10-13)11-18-21-16-7-8-23(12-15(16)19(24)22-18)20(25)17-6-3-9-26-17/h2-6,9-10H,7-8,11-12H2,1H3,(H,21,22,24). The van der Waals surface area contributed by atoms with E-state index in [-0.39, 0.29) is 11.5 Å². The fourth-order valence-corrected chi connectivity index (χ4v) is 4.00. The minimum atomic E-state index is -0.138. The molecule has 0 fully saturated rings. The van der Waals surface area contributed by atoms with Gasteiger partial charge in [0.25, 0.3) is 11.5 Å². The zero-order chi connectivity index (χ0) is 18.1. The van der Waals surface area contributed by atoms with Crippen LogP contribution in [0.25, 0.3) is 0 Å². The van der Waals surface area contributed by atoms with Gasteiger partial charge in [0, 0.05) is 19.4 Å². The first-order valence-electron chi connectivity index (χ1n) is 8.59. The molecule has 0 radical (unpaired) electrons. The van der Waals surface area contributed by atoms with E-state index in [4.69, 9.17) is 0 Å². The fraction of sp³-hybridized carbons (Fsp3) is 0.250. The topological polar surface area (TPSA) is 66.1 Å². The van der Waals surface area contributed by atoms with Crippen LogP contribution in [0.1, 0.15) is 37.9 Å². The van der Waals surface area contributed by atoms with Gasteiger partial charge in [-0.2, -0.15) is 0 Å². The number of thiophene rings is 1. The van der Waals surface area contributed by atoms with Gasteiger partial charge < -0.3 is 9.88 Å². The molecule has 1 aromatic carbocycles. The minimum absolute atomic E-state index is 0.0195. The van der Waals surface area contributed by atoms with Crippen molar-refractivity contribution < 1.29 is 4.79 Å². The molecule has 1 aliphatic heterocycles. The molecule has 1 N–H and O–H groups in total. The number of H-pyrrole nitrogens is 1. The monoisotopic (exact) mass is 365 g/mol. The van der Waals surface area contributed by atoms with E-state index in [2.05, 4.69) is 16.0 Å². The lowest BCUT2D eigenvalue weighted by Crippen LogP contribution is -2.39. The third kappa shape index (κ3) is 3.32. The molecule has 26 heavy (non-hydrogen) atoms. The summed E-state index contributed by atoms with van der Waals surface area (Å²) in [6.45, 7) is 2.95. The number of nitrogens with one attached hydrogen (secondary N) is 1. The van der Waals surface area contributed by atoms with E-state index in [1.807, 2.05) is 42.6 Å². The molecule has 4 rings (SSSR count). The maximum Gasteiger partial charge on any atom is 0.264 e. The second-order valence-corrected chi connectivity index (χ2v) is 7.51. The van der Waals surface area contributed by atoms with Crippen molar-refractivity contribution in [1.82, 2.24) is 14.9 Å². The number of hydrogen-bond donors (Lipinski definition) is 1. The SMILES string of the molecule is Cc1cccc(Cc2nc3c(c(=O)[nH]2)CN(C(=O)c2cccs2)CC3)c1. The van der Waals surface area contributed by atoms with Crippen molar-refractivity contribution in [2.24, 2.45) is 0 Å². The van der Waals surface area contributed by atoms with Crippen LogP contribution in [0.2, 0.25) is 0 Å². The van der Waals surface area contributed by atoms with Crippen molar-refractivity contribution in [3.63, 3.8) is 0 Å².